The third kappa shape index (κ3) is 9.29. The van der Waals surface area contributed by atoms with Crippen LogP contribution < -0.4 is 5.32 Å². The van der Waals surface area contributed by atoms with Crippen molar-refractivity contribution >= 4 is 0 Å². The number of unbranched alkanes of at least 4 members (excludes halogenated alkanes) is 3. The summed E-state index contributed by atoms with van der Waals surface area (Å²) in [5.74, 6) is -1.18. The minimum atomic E-state index is -4.42. The molecule has 0 radical (unpaired) electrons. The molecule has 0 aromatic carbocycles. The molecule has 0 bridgehead atoms. The van der Waals surface area contributed by atoms with Crippen LogP contribution in [0.25, 0.3) is 0 Å². The minimum Gasteiger partial charge on any atom is -0.315 e. The largest absolute Gasteiger partial charge is 0.405 e. The molecule has 0 aromatic heterocycles. The number of nitrogens with zero attached hydrogens (tertiary/aromatic N) is 1. The number of hydrogen-bond acceptors (Lipinski definition) is 2. The van der Waals surface area contributed by atoms with E-state index in [0.29, 0.717) is 12.5 Å². The van der Waals surface area contributed by atoms with Crippen molar-refractivity contribution in [1.29, 1.82) is 5.26 Å². The summed E-state index contributed by atoms with van der Waals surface area (Å²) in [6.07, 6.45) is 0.996. The zero-order chi connectivity index (χ0) is 14.0. The molecule has 2 nitrogen and oxygen atoms in total. The molecule has 0 aliphatic heterocycles. The Bertz CT molecular complexity index is 244. The van der Waals surface area contributed by atoms with Gasteiger partial charge in [0.1, 0.15) is 0 Å². The summed E-state index contributed by atoms with van der Waals surface area (Å²) in [4.78, 5) is 0. The average molecular weight is 264 g/mol. The molecule has 0 saturated carbocycles. The summed E-state index contributed by atoms with van der Waals surface area (Å²) in [6, 6.07) is 1.28. The first-order valence-electron chi connectivity index (χ1n) is 6.55. The van der Waals surface area contributed by atoms with Crippen molar-refractivity contribution in [1.82, 2.24) is 5.32 Å². The monoisotopic (exact) mass is 264 g/mol. The molecule has 18 heavy (non-hydrogen) atoms. The fraction of sp³-hybridized carbons (Fsp3) is 0.923. The minimum absolute atomic E-state index is 0.300. The van der Waals surface area contributed by atoms with Crippen LogP contribution in [-0.2, 0) is 0 Å². The van der Waals surface area contributed by atoms with Crippen molar-refractivity contribution in [3.05, 3.63) is 0 Å². The molecule has 0 aliphatic rings. The third-order valence-electron chi connectivity index (χ3n) is 2.78. The molecule has 0 spiro atoms. The summed E-state index contributed by atoms with van der Waals surface area (Å²) in [6.45, 7) is 4.61. The summed E-state index contributed by atoms with van der Waals surface area (Å²) in [7, 11) is 0. The first-order chi connectivity index (χ1) is 8.38. The molecular formula is C13H23F3N2. The predicted octanol–water partition coefficient (Wildman–Crippen LogP) is 3.88. The van der Waals surface area contributed by atoms with E-state index in [2.05, 4.69) is 19.2 Å². The van der Waals surface area contributed by atoms with Gasteiger partial charge in [-0.3, -0.25) is 0 Å². The average Bonchev–Trinajstić information content (AvgIpc) is 2.24. The van der Waals surface area contributed by atoms with Gasteiger partial charge in [-0.25, -0.2) is 0 Å². The number of halogens is 3. The molecule has 5 heteroatoms. The number of rotatable bonds is 9. The van der Waals surface area contributed by atoms with Crippen LogP contribution in [0.15, 0.2) is 0 Å². The van der Waals surface area contributed by atoms with Gasteiger partial charge >= 0.3 is 6.18 Å². The van der Waals surface area contributed by atoms with Gasteiger partial charge in [-0.2, -0.15) is 18.4 Å². The van der Waals surface area contributed by atoms with Crippen LogP contribution in [0.3, 0.4) is 0 Å². The Labute approximate surface area is 108 Å². The summed E-state index contributed by atoms with van der Waals surface area (Å²) in [5, 5.41) is 11.1. The molecule has 0 fully saturated rings. The van der Waals surface area contributed by atoms with Gasteiger partial charge in [-0.1, -0.05) is 39.5 Å². The second-order valence-electron chi connectivity index (χ2n) is 5.02. The predicted molar refractivity (Wildman–Crippen MR) is 66.0 cm³/mol. The highest BCUT2D eigenvalue weighted by Crippen LogP contribution is 2.24. The molecule has 1 unspecified atom stereocenters. The van der Waals surface area contributed by atoms with E-state index < -0.39 is 12.1 Å². The molecule has 0 amide bonds. The summed E-state index contributed by atoms with van der Waals surface area (Å²) in [5.41, 5.74) is 0. The molecule has 0 saturated heterocycles. The van der Waals surface area contributed by atoms with Crippen LogP contribution in [0.5, 0.6) is 0 Å². The van der Waals surface area contributed by atoms with Crippen molar-refractivity contribution in [2.75, 3.05) is 13.1 Å². The van der Waals surface area contributed by atoms with Crippen LogP contribution in [0, 0.1) is 23.2 Å². The quantitative estimate of drug-likeness (QED) is 0.641. The van der Waals surface area contributed by atoms with Crippen LogP contribution in [0.2, 0.25) is 0 Å². The Balaban J connectivity index is 3.43. The Morgan fingerprint density at radius 2 is 1.72 bits per heavy atom. The Hall–Kier alpha value is -0.760. The van der Waals surface area contributed by atoms with E-state index in [4.69, 9.17) is 5.26 Å². The van der Waals surface area contributed by atoms with E-state index in [1.54, 1.807) is 0 Å². The van der Waals surface area contributed by atoms with Crippen LogP contribution >= 0.6 is 0 Å². The van der Waals surface area contributed by atoms with Gasteiger partial charge in [0, 0.05) is 6.54 Å². The summed E-state index contributed by atoms with van der Waals surface area (Å²) < 4.78 is 36.6. The van der Waals surface area contributed by atoms with E-state index in [1.807, 2.05) is 0 Å². The fourth-order valence-corrected chi connectivity index (χ4v) is 1.64. The highest BCUT2D eigenvalue weighted by atomic mass is 19.4. The Kier molecular flexibility index (Phi) is 8.82. The summed E-state index contributed by atoms with van der Waals surface area (Å²) >= 11 is 0. The lowest BCUT2D eigenvalue weighted by Crippen LogP contribution is -2.32. The maximum atomic E-state index is 12.2. The van der Waals surface area contributed by atoms with Gasteiger partial charge in [0.25, 0.3) is 0 Å². The van der Waals surface area contributed by atoms with E-state index in [-0.39, 0.29) is 6.54 Å². The van der Waals surface area contributed by atoms with Gasteiger partial charge in [-0.05, 0) is 18.9 Å². The third-order valence-corrected chi connectivity index (χ3v) is 2.78. The molecule has 0 aromatic rings. The second-order valence-corrected chi connectivity index (χ2v) is 5.02. The van der Waals surface area contributed by atoms with E-state index in [1.165, 1.54) is 18.9 Å². The second kappa shape index (κ2) is 9.21. The highest BCUT2D eigenvalue weighted by Gasteiger charge is 2.39. The van der Waals surface area contributed by atoms with Crippen molar-refractivity contribution < 1.29 is 13.2 Å². The highest BCUT2D eigenvalue weighted by molar-refractivity contribution is 4.89. The van der Waals surface area contributed by atoms with E-state index >= 15 is 0 Å². The number of alkyl halides is 3. The number of hydrogen-bond donors (Lipinski definition) is 1. The van der Waals surface area contributed by atoms with Gasteiger partial charge in [0.05, 0.1) is 6.07 Å². The lowest BCUT2D eigenvalue weighted by Gasteiger charge is -2.13. The van der Waals surface area contributed by atoms with Crippen LogP contribution in [0.1, 0.15) is 46.0 Å². The molecule has 106 valence electrons. The van der Waals surface area contributed by atoms with Crippen molar-refractivity contribution in [3.8, 4) is 6.07 Å². The first kappa shape index (κ1) is 17.2. The van der Waals surface area contributed by atoms with Crippen LogP contribution in [-0.4, -0.2) is 19.3 Å². The molecular weight excluding hydrogens is 241 g/mol. The maximum absolute atomic E-state index is 12.2. The lowest BCUT2D eigenvalue weighted by atomic mass is 10.0. The standard InChI is InChI=1S/C13H23F3N2/c1-11(2)7-5-3-4-6-8-18-10-12(9-17)13(14,15)16/h11-12,18H,3-8,10H2,1-2H3. The molecule has 0 rings (SSSR count). The van der Waals surface area contributed by atoms with E-state index in [9.17, 15) is 13.2 Å². The maximum Gasteiger partial charge on any atom is 0.405 e. The molecule has 1 atom stereocenters. The fourth-order valence-electron chi connectivity index (χ4n) is 1.64. The zero-order valence-corrected chi connectivity index (χ0v) is 11.2. The number of nitrogens with one attached hydrogen (secondary N) is 1. The van der Waals surface area contributed by atoms with E-state index in [0.717, 1.165) is 19.3 Å². The van der Waals surface area contributed by atoms with Gasteiger partial charge < -0.3 is 5.32 Å². The topological polar surface area (TPSA) is 35.8 Å². The normalized spacial score (nSPS) is 13.6. The SMILES string of the molecule is CC(C)CCCCCCNCC(C#N)C(F)(F)F. The first-order valence-corrected chi connectivity index (χ1v) is 6.55. The van der Waals surface area contributed by atoms with Gasteiger partial charge in [0.15, 0.2) is 5.92 Å². The molecule has 0 aliphatic carbocycles. The Morgan fingerprint density at radius 3 is 2.22 bits per heavy atom. The zero-order valence-electron chi connectivity index (χ0n) is 11.2. The van der Waals surface area contributed by atoms with Crippen molar-refractivity contribution in [2.24, 2.45) is 11.8 Å². The van der Waals surface area contributed by atoms with Crippen molar-refractivity contribution in [3.63, 3.8) is 0 Å². The van der Waals surface area contributed by atoms with Gasteiger partial charge in [0.2, 0.25) is 0 Å². The molecule has 1 N–H and O–H groups in total. The van der Waals surface area contributed by atoms with Crippen LogP contribution in [0.4, 0.5) is 13.2 Å². The smallest absolute Gasteiger partial charge is 0.315 e. The molecule has 0 heterocycles. The Morgan fingerprint density at radius 1 is 1.11 bits per heavy atom. The lowest BCUT2D eigenvalue weighted by molar-refractivity contribution is -0.157. The van der Waals surface area contributed by atoms with Crippen molar-refractivity contribution in [2.45, 2.75) is 52.1 Å². The van der Waals surface area contributed by atoms with Gasteiger partial charge in [-0.15, -0.1) is 0 Å². The number of nitriles is 1.